The topological polar surface area (TPSA) is 82.3 Å². The van der Waals surface area contributed by atoms with Crippen LogP contribution in [0.1, 0.15) is 25.7 Å². The first-order chi connectivity index (χ1) is 10.7. The Morgan fingerprint density at radius 1 is 0.909 bits per heavy atom. The summed E-state index contributed by atoms with van der Waals surface area (Å²) in [4.78, 5) is 22.9. The lowest BCUT2D eigenvalue weighted by molar-refractivity contribution is -0.133. The summed E-state index contributed by atoms with van der Waals surface area (Å²) in [6.07, 6.45) is 3.20. The van der Waals surface area contributed by atoms with Crippen LogP contribution in [0.3, 0.4) is 0 Å². The third-order valence-electron chi connectivity index (χ3n) is 4.17. The summed E-state index contributed by atoms with van der Waals surface area (Å²) in [5.74, 6) is -0.433. The Labute approximate surface area is 130 Å². The summed E-state index contributed by atoms with van der Waals surface area (Å²) in [6, 6.07) is 8.17. The molecule has 6 nitrogen and oxygen atoms in total. The van der Waals surface area contributed by atoms with Crippen molar-refractivity contribution in [1.29, 1.82) is 0 Å². The zero-order chi connectivity index (χ0) is 15.4. The molecule has 2 amide bonds. The highest BCUT2D eigenvalue weighted by Gasteiger charge is 2.26. The molecule has 2 fully saturated rings. The van der Waals surface area contributed by atoms with Gasteiger partial charge in [-0.3, -0.25) is 14.9 Å². The minimum Gasteiger partial charge on any atom is -0.382 e. The molecule has 0 bridgehead atoms. The van der Waals surface area contributed by atoms with Gasteiger partial charge in [0.25, 0.3) is 0 Å². The molecule has 2 aliphatic rings. The molecule has 3 rings (SSSR count). The maximum absolute atomic E-state index is 11.7. The van der Waals surface area contributed by atoms with Crippen LogP contribution in [-0.4, -0.2) is 37.0 Å². The standard InChI is InChI=1S/C16H22N4O2/c21-15-6-5-14(16(22)20-15)19-12-3-1-11(2-4-12)18-13-7-9-17-10-8-13/h1-4,13-14,17-19H,5-10H2,(H,20,21,22). The molecule has 1 unspecified atom stereocenters. The van der Waals surface area contributed by atoms with Crippen LogP contribution in [0.2, 0.25) is 0 Å². The van der Waals surface area contributed by atoms with E-state index < -0.39 is 0 Å². The molecular formula is C16H22N4O2. The molecular weight excluding hydrogens is 280 g/mol. The van der Waals surface area contributed by atoms with Gasteiger partial charge in [0.15, 0.2) is 0 Å². The fraction of sp³-hybridized carbons (Fsp3) is 0.500. The Kier molecular flexibility index (Phi) is 4.58. The van der Waals surface area contributed by atoms with E-state index in [1.807, 2.05) is 24.3 Å². The first kappa shape index (κ1) is 14.8. The fourth-order valence-corrected chi connectivity index (χ4v) is 2.90. The number of hydrogen-bond acceptors (Lipinski definition) is 5. The van der Waals surface area contributed by atoms with E-state index in [2.05, 4.69) is 21.3 Å². The van der Waals surface area contributed by atoms with Crippen molar-refractivity contribution in [3.63, 3.8) is 0 Å². The molecule has 1 atom stereocenters. The second-order valence-electron chi connectivity index (χ2n) is 5.89. The molecule has 6 heteroatoms. The molecule has 1 aromatic rings. The number of imide groups is 1. The maximum atomic E-state index is 11.7. The summed E-state index contributed by atoms with van der Waals surface area (Å²) in [5, 5.41) is 12.4. The van der Waals surface area contributed by atoms with Crippen molar-refractivity contribution in [2.45, 2.75) is 37.8 Å². The molecule has 0 saturated carbocycles. The number of piperidine rings is 2. The minimum absolute atomic E-state index is 0.190. The SMILES string of the molecule is O=C1CCC(Nc2ccc(NC3CCNCC3)cc2)C(=O)N1. The van der Waals surface area contributed by atoms with Crippen LogP contribution in [-0.2, 0) is 9.59 Å². The van der Waals surface area contributed by atoms with Gasteiger partial charge in [-0.25, -0.2) is 0 Å². The van der Waals surface area contributed by atoms with Gasteiger partial charge in [-0.1, -0.05) is 0 Å². The first-order valence-corrected chi connectivity index (χ1v) is 7.88. The van der Waals surface area contributed by atoms with Crippen molar-refractivity contribution in [1.82, 2.24) is 10.6 Å². The van der Waals surface area contributed by atoms with Gasteiger partial charge in [0.1, 0.15) is 6.04 Å². The highest BCUT2D eigenvalue weighted by Crippen LogP contribution is 2.19. The minimum atomic E-state index is -0.332. The van der Waals surface area contributed by atoms with Gasteiger partial charge in [-0.05, 0) is 56.6 Å². The van der Waals surface area contributed by atoms with E-state index in [1.54, 1.807) is 0 Å². The number of nitrogens with one attached hydrogen (secondary N) is 4. The largest absolute Gasteiger partial charge is 0.382 e. The molecule has 2 saturated heterocycles. The van der Waals surface area contributed by atoms with Crippen molar-refractivity contribution in [3.8, 4) is 0 Å². The summed E-state index contributed by atoms with van der Waals surface area (Å²) >= 11 is 0. The number of rotatable bonds is 4. The van der Waals surface area contributed by atoms with Crippen LogP contribution < -0.4 is 21.3 Å². The number of anilines is 2. The second-order valence-corrected chi connectivity index (χ2v) is 5.89. The molecule has 2 aliphatic heterocycles. The second kappa shape index (κ2) is 6.79. The summed E-state index contributed by atoms with van der Waals surface area (Å²) in [7, 11) is 0. The highest BCUT2D eigenvalue weighted by molar-refractivity contribution is 6.01. The van der Waals surface area contributed by atoms with Crippen LogP contribution in [0.5, 0.6) is 0 Å². The van der Waals surface area contributed by atoms with Crippen molar-refractivity contribution < 1.29 is 9.59 Å². The molecule has 118 valence electrons. The first-order valence-electron chi connectivity index (χ1n) is 7.88. The van der Waals surface area contributed by atoms with Gasteiger partial charge in [-0.2, -0.15) is 0 Å². The lowest BCUT2D eigenvalue weighted by Gasteiger charge is -2.25. The van der Waals surface area contributed by atoms with Crippen molar-refractivity contribution in [2.75, 3.05) is 23.7 Å². The van der Waals surface area contributed by atoms with E-state index in [9.17, 15) is 9.59 Å². The van der Waals surface area contributed by atoms with Crippen molar-refractivity contribution in [3.05, 3.63) is 24.3 Å². The Balaban J connectivity index is 1.54. The van der Waals surface area contributed by atoms with Gasteiger partial charge >= 0.3 is 0 Å². The van der Waals surface area contributed by atoms with Crippen molar-refractivity contribution >= 4 is 23.2 Å². The van der Waals surface area contributed by atoms with E-state index in [-0.39, 0.29) is 17.9 Å². The number of carbonyl (C=O) groups excluding carboxylic acids is 2. The lowest BCUT2D eigenvalue weighted by Crippen LogP contribution is -2.47. The quantitative estimate of drug-likeness (QED) is 0.626. The smallest absolute Gasteiger partial charge is 0.249 e. The fourth-order valence-electron chi connectivity index (χ4n) is 2.90. The third kappa shape index (κ3) is 3.76. The van der Waals surface area contributed by atoms with E-state index in [4.69, 9.17) is 0 Å². The average molecular weight is 302 g/mol. The molecule has 1 aromatic carbocycles. The predicted octanol–water partition coefficient (Wildman–Crippen LogP) is 1.07. The molecule has 2 heterocycles. The van der Waals surface area contributed by atoms with Gasteiger partial charge in [0.05, 0.1) is 0 Å². The number of amides is 2. The Bertz CT molecular complexity index is 538. The normalized spacial score (nSPS) is 23.0. The lowest BCUT2D eigenvalue weighted by atomic mass is 10.1. The van der Waals surface area contributed by atoms with E-state index in [0.717, 1.165) is 37.3 Å². The predicted molar refractivity (Wildman–Crippen MR) is 85.8 cm³/mol. The third-order valence-corrected chi connectivity index (χ3v) is 4.17. The Hall–Kier alpha value is -2.08. The maximum Gasteiger partial charge on any atom is 0.249 e. The Morgan fingerprint density at radius 3 is 2.18 bits per heavy atom. The molecule has 0 spiro atoms. The zero-order valence-corrected chi connectivity index (χ0v) is 12.5. The van der Waals surface area contributed by atoms with E-state index in [1.165, 1.54) is 0 Å². The Morgan fingerprint density at radius 2 is 1.55 bits per heavy atom. The van der Waals surface area contributed by atoms with Crippen LogP contribution in [0.25, 0.3) is 0 Å². The summed E-state index contributed by atoms with van der Waals surface area (Å²) in [5.41, 5.74) is 1.99. The molecule has 0 aromatic heterocycles. The van der Waals surface area contributed by atoms with Gasteiger partial charge in [0.2, 0.25) is 11.8 Å². The highest BCUT2D eigenvalue weighted by atomic mass is 16.2. The van der Waals surface area contributed by atoms with Crippen LogP contribution in [0, 0.1) is 0 Å². The van der Waals surface area contributed by atoms with E-state index >= 15 is 0 Å². The zero-order valence-electron chi connectivity index (χ0n) is 12.5. The van der Waals surface area contributed by atoms with Gasteiger partial charge in [0, 0.05) is 23.8 Å². The van der Waals surface area contributed by atoms with Crippen LogP contribution in [0.15, 0.2) is 24.3 Å². The van der Waals surface area contributed by atoms with Gasteiger partial charge < -0.3 is 16.0 Å². The van der Waals surface area contributed by atoms with Crippen molar-refractivity contribution in [2.24, 2.45) is 0 Å². The van der Waals surface area contributed by atoms with Crippen LogP contribution in [0.4, 0.5) is 11.4 Å². The molecule has 22 heavy (non-hydrogen) atoms. The summed E-state index contributed by atoms with van der Waals surface area (Å²) in [6.45, 7) is 2.12. The van der Waals surface area contributed by atoms with E-state index in [0.29, 0.717) is 18.9 Å². The molecule has 0 aliphatic carbocycles. The number of hydrogen-bond donors (Lipinski definition) is 4. The monoisotopic (exact) mass is 302 g/mol. The number of carbonyl (C=O) groups is 2. The van der Waals surface area contributed by atoms with Crippen LogP contribution >= 0.6 is 0 Å². The average Bonchev–Trinajstić information content (AvgIpc) is 2.53. The molecule has 4 N–H and O–H groups in total. The summed E-state index contributed by atoms with van der Waals surface area (Å²) < 4.78 is 0. The van der Waals surface area contributed by atoms with Gasteiger partial charge in [-0.15, -0.1) is 0 Å². The molecule has 0 radical (unpaired) electrons. The number of benzene rings is 1.